The molecule has 0 radical (unpaired) electrons. The summed E-state index contributed by atoms with van der Waals surface area (Å²) < 4.78 is 11.3. The molecule has 1 aliphatic heterocycles. The molecule has 0 aromatic rings. The van der Waals surface area contributed by atoms with Gasteiger partial charge in [-0.15, -0.1) is 0 Å². The summed E-state index contributed by atoms with van der Waals surface area (Å²) in [6.45, 7) is 9.49. The zero-order valence-electron chi connectivity index (χ0n) is 17.4. The molecule has 0 spiro atoms. The van der Waals surface area contributed by atoms with Crippen LogP contribution in [0.2, 0.25) is 0 Å². The number of hydrogen-bond donors (Lipinski definition) is 2. The molecule has 6 nitrogen and oxygen atoms in total. The first-order valence-electron chi connectivity index (χ1n) is 10.4. The molecular formula is C22H32O6. The van der Waals surface area contributed by atoms with Crippen molar-refractivity contribution in [2.45, 2.75) is 84.2 Å². The molecule has 4 rings (SSSR count). The summed E-state index contributed by atoms with van der Waals surface area (Å²) in [5.41, 5.74) is -1.14. The number of rotatable bonds is 1. The van der Waals surface area contributed by atoms with E-state index in [1.807, 2.05) is 20.8 Å². The minimum atomic E-state index is -1.08. The quantitative estimate of drug-likeness (QED) is 0.525. The van der Waals surface area contributed by atoms with E-state index in [-0.39, 0.29) is 23.7 Å². The Balaban J connectivity index is 1.93. The fourth-order valence-electron chi connectivity index (χ4n) is 6.42. The van der Waals surface area contributed by atoms with Gasteiger partial charge in [0.15, 0.2) is 11.9 Å². The van der Waals surface area contributed by atoms with Crippen molar-refractivity contribution in [1.29, 1.82) is 0 Å². The van der Waals surface area contributed by atoms with Crippen LogP contribution >= 0.6 is 0 Å². The van der Waals surface area contributed by atoms with E-state index in [2.05, 4.69) is 0 Å². The Hall–Kier alpha value is -1.24. The lowest BCUT2D eigenvalue weighted by molar-refractivity contribution is -0.242. The van der Waals surface area contributed by atoms with Gasteiger partial charge in [0, 0.05) is 24.7 Å². The summed E-state index contributed by atoms with van der Waals surface area (Å²) in [6.07, 6.45) is 0.0623. The van der Waals surface area contributed by atoms with E-state index in [0.29, 0.717) is 37.9 Å². The molecule has 6 heteroatoms. The van der Waals surface area contributed by atoms with Crippen LogP contribution in [0.3, 0.4) is 0 Å². The van der Waals surface area contributed by atoms with Gasteiger partial charge >= 0.3 is 5.97 Å². The van der Waals surface area contributed by atoms with Crippen LogP contribution in [-0.2, 0) is 19.1 Å². The minimum absolute atomic E-state index is 0.0699. The smallest absolute Gasteiger partial charge is 0.303 e. The molecule has 0 aromatic heterocycles. The van der Waals surface area contributed by atoms with E-state index in [1.54, 1.807) is 6.92 Å². The zero-order chi connectivity index (χ0) is 20.6. The Morgan fingerprint density at radius 2 is 1.96 bits per heavy atom. The summed E-state index contributed by atoms with van der Waals surface area (Å²) in [4.78, 5) is 25.9. The number of aliphatic hydroxyl groups excluding tert-OH is 1. The molecule has 28 heavy (non-hydrogen) atoms. The predicted molar refractivity (Wildman–Crippen MR) is 101 cm³/mol. The number of fused-ring (bicyclic) bond motifs is 5. The number of Topliss-reactive ketones (excluding diaryl/α,β-unsaturated/α-hetero) is 1. The molecule has 0 aromatic carbocycles. The van der Waals surface area contributed by atoms with Gasteiger partial charge in [0.25, 0.3) is 0 Å². The SMILES string of the molecule is CC(=O)OC1C(=O)[C@@]2(C)C(C[C@]3(O)CCC(C)=C1C3(C)C)[C@@H]1CO[C@@H]1C[C@@H]2O. The number of carbonyl (C=O) groups is 2. The highest BCUT2D eigenvalue weighted by atomic mass is 16.5. The van der Waals surface area contributed by atoms with E-state index in [4.69, 9.17) is 9.47 Å². The molecule has 4 aliphatic rings. The third kappa shape index (κ3) is 2.44. The van der Waals surface area contributed by atoms with Gasteiger partial charge in [-0.05, 0) is 44.6 Å². The van der Waals surface area contributed by atoms with Crippen molar-refractivity contribution in [2.24, 2.45) is 22.7 Å². The van der Waals surface area contributed by atoms with E-state index in [1.165, 1.54) is 6.92 Å². The molecule has 2 bridgehead atoms. The number of aliphatic hydroxyl groups is 2. The van der Waals surface area contributed by atoms with E-state index < -0.39 is 34.6 Å². The number of ether oxygens (including phenoxy) is 2. The molecule has 7 atom stereocenters. The van der Waals surface area contributed by atoms with Crippen LogP contribution in [0.4, 0.5) is 0 Å². The molecule has 2 unspecified atom stereocenters. The second-order valence-corrected chi connectivity index (χ2v) is 10.1. The van der Waals surface area contributed by atoms with Gasteiger partial charge < -0.3 is 19.7 Å². The Morgan fingerprint density at radius 1 is 1.29 bits per heavy atom. The van der Waals surface area contributed by atoms with E-state index >= 15 is 0 Å². The minimum Gasteiger partial charge on any atom is -0.450 e. The second-order valence-electron chi connectivity index (χ2n) is 10.1. The lowest BCUT2D eigenvalue weighted by atomic mass is 9.47. The molecule has 2 N–H and O–H groups in total. The van der Waals surface area contributed by atoms with Gasteiger partial charge in [-0.3, -0.25) is 9.59 Å². The van der Waals surface area contributed by atoms with Gasteiger partial charge in [-0.25, -0.2) is 0 Å². The highest BCUT2D eigenvalue weighted by molar-refractivity contribution is 5.94. The van der Waals surface area contributed by atoms with Crippen LogP contribution in [0.1, 0.15) is 60.3 Å². The number of esters is 1. The van der Waals surface area contributed by atoms with E-state index in [9.17, 15) is 19.8 Å². The van der Waals surface area contributed by atoms with Crippen molar-refractivity contribution in [2.75, 3.05) is 6.61 Å². The maximum absolute atomic E-state index is 13.9. The Morgan fingerprint density at radius 3 is 2.54 bits per heavy atom. The van der Waals surface area contributed by atoms with E-state index in [0.717, 1.165) is 5.57 Å². The number of allylic oxidation sites excluding steroid dienone is 1. The highest BCUT2D eigenvalue weighted by Gasteiger charge is 2.66. The average molecular weight is 392 g/mol. The van der Waals surface area contributed by atoms with Crippen molar-refractivity contribution in [1.82, 2.24) is 0 Å². The van der Waals surface area contributed by atoms with Crippen LogP contribution in [0, 0.1) is 22.7 Å². The van der Waals surface area contributed by atoms with Crippen molar-refractivity contribution in [3.63, 3.8) is 0 Å². The molecule has 1 heterocycles. The normalized spacial score (nSPS) is 47.2. The van der Waals surface area contributed by atoms with Crippen molar-refractivity contribution in [3.8, 4) is 0 Å². The summed E-state index contributed by atoms with van der Waals surface area (Å²) in [5.74, 6) is -0.857. The fraction of sp³-hybridized carbons (Fsp3) is 0.818. The van der Waals surface area contributed by atoms with Gasteiger partial charge in [-0.1, -0.05) is 19.4 Å². The second kappa shape index (κ2) is 6.13. The third-order valence-corrected chi connectivity index (χ3v) is 8.50. The number of carbonyl (C=O) groups excluding carboxylic acids is 2. The van der Waals surface area contributed by atoms with Crippen LogP contribution in [-0.4, -0.2) is 52.5 Å². The molecule has 3 fully saturated rings. The standard InChI is InChI=1S/C22H32O6/c1-11-6-7-22(26)9-14-13-10-27-15(13)8-16(24)21(14,5)19(25)18(28-12(2)23)17(11)20(22,3)4/h13-16,18,24,26H,6-10H2,1-5H3/t13-,14?,15+,16-,18?,21-,22+/m0/s1. The van der Waals surface area contributed by atoms with Crippen LogP contribution < -0.4 is 0 Å². The molecule has 1 saturated heterocycles. The van der Waals surface area contributed by atoms with Crippen LogP contribution in [0.15, 0.2) is 11.1 Å². The highest BCUT2D eigenvalue weighted by Crippen LogP contribution is 2.61. The summed E-state index contributed by atoms with van der Waals surface area (Å²) in [5, 5.41) is 22.9. The van der Waals surface area contributed by atoms with Crippen molar-refractivity contribution in [3.05, 3.63) is 11.1 Å². The van der Waals surface area contributed by atoms with Gasteiger partial charge in [0.05, 0.1) is 29.8 Å². The fourth-order valence-corrected chi connectivity index (χ4v) is 6.42. The number of hydrogen-bond acceptors (Lipinski definition) is 6. The molecular weight excluding hydrogens is 360 g/mol. The Labute approximate surface area is 166 Å². The zero-order valence-corrected chi connectivity index (χ0v) is 17.4. The first kappa shape index (κ1) is 20.0. The monoisotopic (exact) mass is 392 g/mol. The van der Waals surface area contributed by atoms with Gasteiger partial charge in [0.1, 0.15) is 0 Å². The van der Waals surface area contributed by atoms with Crippen molar-refractivity contribution >= 4 is 11.8 Å². The third-order valence-electron chi connectivity index (χ3n) is 8.50. The molecule has 3 aliphatic carbocycles. The Bertz CT molecular complexity index is 754. The predicted octanol–water partition coefficient (Wildman–Crippen LogP) is 2.16. The van der Waals surface area contributed by atoms with Gasteiger partial charge in [-0.2, -0.15) is 0 Å². The average Bonchev–Trinajstić information content (AvgIpc) is 2.57. The van der Waals surface area contributed by atoms with Crippen LogP contribution in [0.5, 0.6) is 0 Å². The maximum atomic E-state index is 13.9. The summed E-state index contributed by atoms with van der Waals surface area (Å²) in [6, 6.07) is 0. The molecule has 156 valence electrons. The summed E-state index contributed by atoms with van der Waals surface area (Å²) >= 11 is 0. The lowest BCUT2D eigenvalue weighted by Gasteiger charge is -2.62. The lowest BCUT2D eigenvalue weighted by Crippen LogP contribution is -2.68. The molecule has 0 amide bonds. The van der Waals surface area contributed by atoms with Crippen LogP contribution in [0.25, 0.3) is 0 Å². The van der Waals surface area contributed by atoms with Crippen molar-refractivity contribution < 1.29 is 29.3 Å². The van der Waals surface area contributed by atoms with Gasteiger partial charge in [0.2, 0.25) is 0 Å². The largest absolute Gasteiger partial charge is 0.450 e. The molecule has 2 saturated carbocycles. The number of ketones is 1. The summed E-state index contributed by atoms with van der Waals surface area (Å²) in [7, 11) is 0. The first-order chi connectivity index (χ1) is 12.9. The maximum Gasteiger partial charge on any atom is 0.303 e. The first-order valence-corrected chi connectivity index (χ1v) is 10.4. The Kier molecular flexibility index (Phi) is 4.39. The topological polar surface area (TPSA) is 93.1 Å².